The topological polar surface area (TPSA) is 106 Å². The molecular weight excluding hydrogens is 334 g/mol. The number of urea groups is 1. The van der Waals surface area contributed by atoms with E-state index in [1.807, 2.05) is 4.90 Å². The highest BCUT2D eigenvalue weighted by Gasteiger charge is 2.33. The Balaban J connectivity index is 1.26. The summed E-state index contributed by atoms with van der Waals surface area (Å²) < 4.78 is 5.33. The van der Waals surface area contributed by atoms with Crippen LogP contribution in [-0.2, 0) is 11.2 Å². The molecular formula is C18H27N5O3. The standard InChI is InChI=1S/C18H27N5O3/c19-18(25)23-7-1-2-14(11-23)17(24)22-8-5-12(6-9-22)10-15-20-16(26-21-15)13-3-4-13/h12-14H,1-11H2,(H2,19,25). The summed E-state index contributed by atoms with van der Waals surface area (Å²) in [5.41, 5.74) is 5.37. The minimum Gasteiger partial charge on any atom is -0.351 e. The number of hydrogen-bond acceptors (Lipinski definition) is 5. The van der Waals surface area contributed by atoms with Gasteiger partial charge in [-0.1, -0.05) is 5.16 Å². The summed E-state index contributed by atoms with van der Waals surface area (Å²) in [6, 6.07) is -0.424. The van der Waals surface area contributed by atoms with Crippen LogP contribution in [0.2, 0.25) is 0 Å². The molecule has 1 aromatic heterocycles. The van der Waals surface area contributed by atoms with Gasteiger partial charge >= 0.3 is 6.03 Å². The maximum absolute atomic E-state index is 12.8. The second kappa shape index (κ2) is 7.25. The largest absolute Gasteiger partial charge is 0.351 e. The highest BCUT2D eigenvalue weighted by atomic mass is 16.5. The summed E-state index contributed by atoms with van der Waals surface area (Å²) in [7, 11) is 0. The van der Waals surface area contributed by atoms with E-state index in [1.165, 1.54) is 0 Å². The predicted molar refractivity (Wildman–Crippen MR) is 93.2 cm³/mol. The lowest BCUT2D eigenvalue weighted by atomic mass is 9.91. The number of carbonyl (C=O) groups is 2. The normalized spacial score (nSPS) is 24.7. The molecule has 3 heterocycles. The van der Waals surface area contributed by atoms with Crippen molar-refractivity contribution in [2.45, 2.75) is 50.9 Å². The second-order valence-electron chi connectivity index (χ2n) is 7.92. The Labute approximate surface area is 153 Å². The number of aromatic nitrogens is 2. The summed E-state index contributed by atoms with van der Waals surface area (Å²) in [6.45, 7) is 2.66. The SMILES string of the molecule is NC(=O)N1CCCC(C(=O)N2CCC(Cc3noc(C4CC4)n3)CC2)C1. The number of piperidine rings is 2. The van der Waals surface area contributed by atoms with Crippen LogP contribution >= 0.6 is 0 Å². The number of rotatable bonds is 4. The average molecular weight is 361 g/mol. The highest BCUT2D eigenvalue weighted by Crippen LogP contribution is 2.39. The van der Waals surface area contributed by atoms with Crippen molar-refractivity contribution in [1.29, 1.82) is 0 Å². The van der Waals surface area contributed by atoms with E-state index in [-0.39, 0.29) is 11.8 Å². The first-order valence-corrected chi connectivity index (χ1v) is 9.76. The van der Waals surface area contributed by atoms with Gasteiger partial charge in [-0.25, -0.2) is 4.79 Å². The van der Waals surface area contributed by atoms with E-state index in [2.05, 4.69) is 10.1 Å². The fraction of sp³-hybridized carbons (Fsp3) is 0.778. The van der Waals surface area contributed by atoms with Crippen LogP contribution in [0, 0.1) is 11.8 Å². The highest BCUT2D eigenvalue weighted by molar-refractivity contribution is 5.80. The zero-order valence-electron chi connectivity index (χ0n) is 15.1. The van der Waals surface area contributed by atoms with Gasteiger partial charge in [0, 0.05) is 38.5 Å². The summed E-state index contributed by atoms with van der Waals surface area (Å²) in [4.78, 5) is 32.2. The van der Waals surface area contributed by atoms with Gasteiger partial charge in [-0.15, -0.1) is 0 Å². The minimum absolute atomic E-state index is 0.105. The van der Waals surface area contributed by atoms with Crippen LogP contribution in [0.5, 0.6) is 0 Å². The maximum Gasteiger partial charge on any atom is 0.314 e. The first-order chi connectivity index (χ1) is 12.6. The number of primary amides is 1. The summed E-state index contributed by atoms with van der Waals surface area (Å²) in [5.74, 6) is 2.66. The minimum atomic E-state index is -0.424. The van der Waals surface area contributed by atoms with E-state index in [0.717, 1.165) is 69.8 Å². The van der Waals surface area contributed by atoms with Crippen molar-refractivity contribution in [3.8, 4) is 0 Å². The van der Waals surface area contributed by atoms with Gasteiger partial charge in [0.15, 0.2) is 5.82 Å². The van der Waals surface area contributed by atoms with Crippen molar-refractivity contribution in [2.75, 3.05) is 26.2 Å². The summed E-state index contributed by atoms with van der Waals surface area (Å²) in [6.07, 6.45) is 6.77. The third-order valence-corrected chi connectivity index (χ3v) is 5.89. The maximum atomic E-state index is 12.8. The Bertz CT molecular complexity index is 664. The third kappa shape index (κ3) is 3.83. The monoisotopic (exact) mass is 361 g/mol. The van der Waals surface area contributed by atoms with Crippen molar-refractivity contribution in [3.63, 3.8) is 0 Å². The molecule has 1 saturated carbocycles. The number of hydrogen-bond donors (Lipinski definition) is 1. The molecule has 1 aliphatic carbocycles. The molecule has 8 heteroatoms. The first-order valence-electron chi connectivity index (χ1n) is 9.76. The molecule has 2 saturated heterocycles. The smallest absolute Gasteiger partial charge is 0.314 e. The molecule has 1 aromatic rings. The van der Waals surface area contributed by atoms with Gasteiger partial charge in [-0.2, -0.15) is 4.98 Å². The molecule has 2 aliphatic heterocycles. The Morgan fingerprint density at radius 2 is 1.85 bits per heavy atom. The molecule has 3 amide bonds. The van der Waals surface area contributed by atoms with Crippen LogP contribution in [0.1, 0.15) is 56.2 Å². The first kappa shape index (κ1) is 17.3. The summed E-state index contributed by atoms with van der Waals surface area (Å²) >= 11 is 0. The lowest BCUT2D eigenvalue weighted by Gasteiger charge is -2.37. The van der Waals surface area contributed by atoms with Gasteiger partial charge < -0.3 is 20.1 Å². The van der Waals surface area contributed by atoms with Crippen LogP contribution in [0.3, 0.4) is 0 Å². The second-order valence-corrected chi connectivity index (χ2v) is 7.92. The zero-order valence-corrected chi connectivity index (χ0v) is 15.1. The van der Waals surface area contributed by atoms with Crippen molar-refractivity contribution in [1.82, 2.24) is 19.9 Å². The van der Waals surface area contributed by atoms with E-state index in [9.17, 15) is 9.59 Å². The lowest BCUT2D eigenvalue weighted by Crippen LogP contribution is -2.49. The van der Waals surface area contributed by atoms with Gasteiger partial charge in [0.1, 0.15) is 0 Å². The van der Waals surface area contributed by atoms with E-state index in [1.54, 1.807) is 4.90 Å². The molecule has 8 nitrogen and oxygen atoms in total. The number of likely N-dealkylation sites (tertiary alicyclic amines) is 2. The fourth-order valence-electron chi connectivity index (χ4n) is 4.10. The molecule has 4 rings (SSSR count). The molecule has 0 bridgehead atoms. The van der Waals surface area contributed by atoms with Gasteiger partial charge in [0.25, 0.3) is 0 Å². The Morgan fingerprint density at radius 3 is 2.54 bits per heavy atom. The van der Waals surface area contributed by atoms with E-state index < -0.39 is 6.03 Å². The number of nitrogens with two attached hydrogens (primary N) is 1. The molecule has 142 valence electrons. The Morgan fingerprint density at radius 1 is 1.08 bits per heavy atom. The number of nitrogens with zero attached hydrogens (tertiary/aromatic N) is 4. The molecule has 2 N–H and O–H groups in total. The Hall–Kier alpha value is -2.12. The Kier molecular flexibility index (Phi) is 4.82. The number of carbonyl (C=O) groups excluding carboxylic acids is 2. The molecule has 3 aliphatic rings. The van der Waals surface area contributed by atoms with Gasteiger partial charge in [-0.05, 0) is 44.4 Å². The van der Waals surface area contributed by atoms with E-state index in [4.69, 9.17) is 10.3 Å². The van der Waals surface area contributed by atoms with Crippen LogP contribution in [0.15, 0.2) is 4.52 Å². The fourth-order valence-corrected chi connectivity index (χ4v) is 4.10. The van der Waals surface area contributed by atoms with Gasteiger partial charge in [0.2, 0.25) is 11.8 Å². The van der Waals surface area contributed by atoms with Crippen LogP contribution in [-0.4, -0.2) is 58.1 Å². The summed E-state index contributed by atoms with van der Waals surface area (Å²) in [5, 5.41) is 4.11. The van der Waals surface area contributed by atoms with Crippen molar-refractivity contribution >= 4 is 11.9 Å². The van der Waals surface area contributed by atoms with E-state index >= 15 is 0 Å². The molecule has 1 atom stereocenters. The number of amides is 3. The molecule has 0 aromatic carbocycles. The van der Waals surface area contributed by atoms with Crippen molar-refractivity contribution in [3.05, 3.63) is 11.7 Å². The van der Waals surface area contributed by atoms with Crippen LogP contribution in [0.4, 0.5) is 4.79 Å². The molecule has 1 unspecified atom stereocenters. The van der Waals surface area contributed by atoms with Crippen LogP contribution < -0.4 is 5.73 Å². The quantitative estimate of drug-likeness (QED) is 0.875. The van der Waals surface area contributed by atoms with Crippen molar-refractivity contribution in [2.24, 2.45) is 17.6 Å². The molecule has 26 heavy (non-hydrogen) atoms. The average Bonchev–Trinajstić information content (AvgIpc) is 3.41. The van der Waals surface area contributed by atoms with E-state index in [0.29, 0.717) is 24.9 Å². The molecule has 3 fully saturated rings. The van der Waals surface area contributed by atoms with Gasteiger partial charge in [-0.3, -0.25) is 4.79 Å². The molecule has 0 radical (unpaired) electrons. The lowest BCUT2D eigenvalue weighted by molar-refractivity contribution is -0.138. The predicted octanol–water partition coefficient (Wildman–Crippen LogP) is 1.52. The van der Waals surface area contributed by atoms with Crippen molar-refractivity contribution < 1.29 is 14.1 Å². The zero-order chi connectivity index (χ0) is 18.1. The van der Waals surface area contributed by atoms with Crippen LogP contribution in [0.25, 0.3) is 0 Å². The van der Waals surface area contributed by atoms with Gasteiger partial charge in [0.05, 0.1) is 5.92 Å². The molecule has 0 spiro atoms. The third-order valence-electron chi connectivity index (χ3n) is 5.89.